The van der Waals surface area contributed by atoms with Gasteiger partial charge in [-0.15, -0.1) is 11.8 Å². The molecule has 1 amide bonds. The SMILES string of the molecule is CC(=O)N1CCc2cc(C(=O)C(C)Sc3ccc(F)c(Cl)c3)ccc21. The summed E-state index contributed by atoms with van der Waals surface area (Å²) < 4.78 is 13.2. The summed E-state index contributed by atoms with van der Waals surface area (Å²) in [5, 5.41) is -0.281. The summed E-state index contributed by atoms with van der Waals surface area (Å²) in [5.74, 6) is -0.469. The number of carbonyl (C=O) groups excluding carboxylic acids is 2. The second-order valence-corrected chi connectivity index (χ2v) is 7.79. The zero-order chi connectivity index (χ0) is 18.1. The fraction of sp³-hybridized carbons (Fsp3) is 0.263. The number of hydrogen-bond donors (Lipinski definition) is 0. The fourth-order valence-electron chi connectivity index (χ4n) is 2.92. The Hall–Kier alpha value is -1.85. The van der Waals surface area contributed by atoms with E-state index >= 15 is 0 Å². The molecule has 0 spiro atoms. The average molecular weight is 378 g/mol. The number of rotatable bonds is 4. The summed E-state index contributed by atoms with van der Waals surface area (Å²) in [6.45, 7) is 4.01. The molecule has 0 bridgehead atoms. The first kappa shape index (κ1) is 18.0. The van der Waals surface area contributed by atoms with Crippen LogP contribution in [0.3, 0.4) is 0 Å². The standard InChI is InChI=1S/C19H17ClFNO2S/c1-11(25-15-4-5-17(21)16(20)10-15)19(24)14-3-6-18-13(9-14)7-8-22(18)12(2)23/h3-6,9-11H,7-8H2,1-2H3. The molecule has 2 aromatic rings. The molecule has 1 atom stereocenters. The van der Waals surface area contributed by atoms with E-state index in [1.807, 2.05) is 19.1 Å². The number of thioether (sulfide) groups is 1. The zero-order valence-electron chi connectivity index (χ0n) is 13.9. The molecule has 0 aromatic heterocycles. The molecule has 3 rings (SSSR count). The molecular weight excluding hydrogens is 361 g/mol. The first-order chi connectivity index (χ1) is 11.9. The van der Waals surface area contributed by atoms with Gasteiger partial charge in [0, 0.05) is 29.6 Å². The summed E-state index contributed by atoms with van der Waals surface area (Å²) >= 11 is 7.13. The number of carbonyl (C=O) groups is 2. The number of ketones is 1. The Morgan fingerprint density at radius 1 is 1.24 bits per heavy atom. The maximum Gasteiger partial charge on any atom is 0.223 e. The maximum atomic E-state index is 13.2. The van der Waals surface area contributed by atoms with Gasteiger partial charge >= 0.3 is 0 Å². The third-order valence-corrected chi connectivity index (χ3v) is 5.60. The highest BCUT2D eigenvalue weighted by atomic mass is 35.5. The quantitative estimate of drug-likeness (QED) is 0.570. The molecule has 130 valence electrons. The smallest absolute Gasteiger partial charge is 0.223 e. The van der Waals surface area contributed by atoms with Gasteiger partial charge in [-0.05, 0) is 55.3 Å². The van der Waals surface area contributed by atoms with E-state index in [4.69, 9.17) is 11.6 Å². The van der Waals surface area contributed by atoms with Gasteiger partial charge in [0.15, 0.2) is 5.78 Å². The van der Waals surface area contributed by atoms with E-state index < -0.39 is 5.82 Å². The van der Waals surface area contributed by atoms with Crippen molar-refractivity contribution in [1.82, 2.24) is 0 Å². The van der Waals surface area contributed by atoms with Crippen molar-refractivity contribution in [3.05, 3.63) is 58.4 Å². The van der Waals surface area contributed by atoms with Crippen LogP contribution in [0, 0.1) is 5.82 Å². The first-order valence-electron chi connectivity index (χ1n) is 7.94. The number of hydrogen-bond acceptors (Lipinski definition) is 3. The van der Waals surface area contributed by atoms with Crippen LogP contribution in [0.1, 0.15) is 29.8 Å². The Bertz CT molecular complexity index is 855. The van der Waals surface area contributed by atoms with Crippen molar-refractivity contribution in [3.8, 4) is 0 Å². The number of fused-ring (bicyclic) bond motifs is 1. The minimum absolute atomic E-state index is 0.00507. The third kappa shape index (κ3) is 3.72. The van der Waals surface area contributed by atoms with Crippen molar-refractivity contribution in [2.24, 2.45) is 0 Å². The van der Waals surface area contributed by atoms with Gasteiger partial charge in [-0.3, -0.25) is 9.59 Å². The maximum absolute atomic E-state index is 13.2. The summed E-state index contributed by atoms with van der Waals surface area (Å²) in [4.78, 5) is 26.8. The van der Waals surface area contributed by atoms with Crippen LogP contribution in [-0.4, -0.2) is 23.5 Å². The Balaban J connectivity index is 1.76. The van der Waals surface area contributed by atoms with Crippen molar-refractivity contribution in [3.63, 3.8) is 0 Å². The lowest BCUT2D eigenvalue weighted by Crippen LogP contribution is -2.25. The molecule has 2 aromatic carbocycles. The van der Waals surface area contributed by atoms with Gasteiger partial charge in [0.2, 0.25) is 5.91 Å². The van der Waals surface area contributed by atoms with E-state index in [-0.39, 0.29) is 22.0 Å². The molecule has 6 heteroatoms. The molecule has 1 heterocycles. The van der Waals surface area contributed by atoms with Crippen LogP contribution in [0.25, 0.3) is 0 Å². The Kier molecular flexibility index (Phi) is 5.16. The molecule has 0 saturated carbocycles. The van der Waals surface area contributed by atoms with Gasteiger partial charge in [0.05, 0.1) is 10.3 Å². The van der Waals surface area contributed by atoms with Gasteiger partial charge in [0.1, 0.15) is 5.82 Å². The molecule has 1 aliphatic rings. The molecule has 3 nitrogen and oxygen atoms in total. The van der Waals surface area contributed by atoms with Crippen molar-refractivity contribution < 1.29 is 14.0 Å². The van der Waals surface area contributed by atoms with Crippen LogP contribution in [0.15, 0.2) is 41.3 Å². The second kappa shape index (κ2) is 7.18. The highest BCUT2D eigenvalue weighted by Gasteiger charge is 2.24. The van der Waals surface area contributed by atoms with E-state index in [2.05, 4.69) is 0 Å². The normalized spacial score (nSPS) is 14.3. The Morgan fingerprint density at radius 2 is 2.00 bits per heavy atom. The van der Waals surface area contributed by atoms with Crippen molar-refractivity contribution in [1.29, 1.82) is 0 Å². The number of anilines is 1. The number of Topliss-reactive ketones (excluding diaryl/α,β-unsaturated/α-hetero) is 1. The lowest BCUT2D eigenvalue weighted by Gasteiger charge is -2.15. The summed E-state index contributed by atoms with van der Waals surface area (Å²) in [6, 6.07) is 9.91. The van der Waals surface area contributed by atoms with Crippen LogP contribution < -0.4 is 4.90 Å². The van der Waals surface area contributed by atoms with Gasteiger partial charge in [-0.2, -0.15) is 0 Å². The molecule has 0 radical (unpaired) electrons. The predicted octanol–water partition coefficient (Wildman–Crippen LogP) is 4.75. The number of benzene rings is 2. The molecule has 25 heavy (non-hydrogen) atoms. The van der Waals surface area contributed by atoms with Gasteiger partial charge in [-0.25, -0.2) is 4.39 Å². The summed E-state index contributed by atoms with van der Waals surface area (Å²) in [6.07, 6.45) is 0.755. The van der Waals surface area contributed by atoms with E-state index in [0.29, 0.717) is 12.1 Å². The topological polar surface area (TPSA) is 37.4 Å². The monoisotopic (exact) mass is 377 g/mol. The molecule has 0 N–H and O–H groups in total. The molecule has 0 saturated heterocycles. The highest BCUT2D eigenvalue weighted by Crippen LogP contribution is 2.32. The van der Waals surface area contributed by atoms with Gasteiger partial charge in [-0.1, -0.05) is 11.6 Å². The zero-order valence-corrected chi connectivity index (χ0v) is 15.5. The van der Waals surface area contributed by atoms with Crippen LogP contribution >= 0.6 is 23.4 Å². The van der Waals surface area contributed by atoms with Crippen molar-refractivity contribution in [2.75, 3.05) is 11.4 Å². The minimum Gasteiger partial charge on any atom is -0.312 e. The van der Waals surface area contributed by atoms with Crippen LogP contribution in [0.2, 0.25) is 5.02 Å². The first-order valence-corrected chi connectivity index (χ1v) is 9.19. The number of halogens is 2. The van der Waals surface area contributed by atoms with Crippen molar-refractivity contribution >= 4 is 40.7 Å². The molecule has 0 fully saturated rings. The molecule has 0 aliphatic carbocycles. The molecule has 1 aliphatic heterocycles. The van der Waals surface area contributed by atoms with Crippen LogP contribution in [0.4, 0.5) is 10.1 Å². The van der Waals surface area contributed by atoms with Gasteiger partial charge < -0.3 is 4.90 Å². The van der Waals surface area contributed by atoms with Crippen LogP contribution in [-0.2, 0) is 11.2 Å². The molecule has 1 unspecified atom stereocenters. The van der Waals surface area contributed by atoms with E-state index in [1.165, 1.54) is 23.9 Å². The summed E-state index contributed by atoms with van der Waals surface area (Å²) in [7, 11) is 0. The van der Waals surface area contributed by atoms with E-state index in [0.717, 1.165) is 22.6 Å². The molecular formula is C19H17ClFNO2S. The largest absolute Gasteiger partial charge is 0.312 e. The van der Waals surface area contributed by atoms with E-state index in [1.54, 1.807) is 24.0 Å². The minimum atomic E-state index is -0.473. The highest BCUT2D eigenvalue weighted by molar-refractivity contribution is 8.00. The lowest BCUT2D eigenvalue weighted by atomic mass is 10.0. The van der Waals surface area contributed by atoms with Gasteiger partial charge in [0.25, 0.3) is 0 Å². The average Bonchev–Trinajstić information content (AvgIpc) is 3.00. The van der Waals surface area contributed by atoms with Crippen LogP contribution in [0.5, 0.6) is 0 Å². The summed E-state index contributed by atoms with van der Waals surface area (Å²) in [5.41, 5.74) is 2.52. The number of amides is 1. The predicted molar refractivity (Wildman–Crippen MR) is 99.2 cm³/mol. The number of nitrogens with zero attached hydrogens (tertiary/aromatic N) is 1. The lowest BCUT2D eigenvalue weighted by molar-refractivity contribution is -0.116. The third-order valence-electron chi connectivity index (χ3n) is 4.21. The second-order valence-electron chi connectivity index (χ2n) is 5.96. The fourth-order valence-corrected chi connectivity index (χ4v) is 4.15. The van der Waals surface area contributed by atoms with Crippen molar-refractivity contribution in [2.45, 2.75) is 30.4 Å². The van der Waals surface area contributed by atoms with E-state index in [9.17, 15) is 14.0 Å². The Morgan fingerprint density at radius 3 is 2.68 bits per heavy atom. The Labute approximate surface area is 155 Å².